The number of methoxy groups -OCH3 is 1. The zero-order chi connectivity index (χ0) is 20.3. The molecule has 2 unspecified atom stereocenters. The molecule has 1 fully saturated rings. The van der Waals surface area contributed by atoms with Crippen LogP contribution in [0.3, 0.4) is 0 Å². The minimum atomic E-state index is -0.0253. The number of nitrogens with two attached hydrogens (primary N) is 1. The summed E-state index contributed by atoms with van der Waals surface area (Å²) in [4.78, 5) is 4.88. The summed E-state index contributed by atoms with van der Waals surface area (Å²) in [5.74, 6) is 1.87. The number of ether oxygens (including phenoxy) is 3. The number of rotatable bonds is 6. The summed E-state index contributed by atoms with van der Waals surface area (Å²) >= 11 is 6.32. The highest BCUT2D eigenvalue weighted by atomic mass is 35.5. The van der Waals surface area contributed by atoms with E-state index in [1.807, 2.05) is 36.4 Å². The first-order valence-electron chi connectivity index (χ1n) is 9.67. The van der Waals surface area contributed by atoms with Gasteiger partial charge in [0, 0.05) is 41.8 Å². The van der Waals surface area contributed by atoms with E-state index < -0.39 is 0 Å². The molecule has 2 aromatic rings. The van der Waals surface area contributed by atoms with Crippen LogP contribution in [0.4, 0.5) is 11.5 Å². The number of benzene rings is 1. The normalized spacial score (nSPS) is 23.7. The molecule has 1 aromatic carbocycles. The summed E-state index contributed by atoms with van der Waals surface area (Å²) in [5.41, 5.74) is 7.99. The lowest BCUT2D eigenvalue weighted by atomic mass is 10.1. The Morgan fingerprint density at radius 1 is 1.31 bits per heavy atom. The van der Waals surface area contributed by atoms with Crippen LogP contribution < -0.4 is 19.7 Å². The molecular weight excluding hydrogens is 390 g/mol. The first kappa shape index (κ1) is 19.9. The summed E-state index contributed by atoms with van der Waals surface area (Å²) < 4.78 is 17.4. The average Bonchev–Trinajstić information content (AvgIpc) is 3.27. The molecule has 29 heavy (non-hydrogen) atoms. The van der Waals surface area contributed by atoms with Gasteiger partial charge < -0.3 is 19.9 Å². The Labute approximate surface area is 175 Å². The number of pyridine rings is 1. The van der Waals surface area contributed by atoms with Gasteiger partial charge in [0.25, 0.3) is 5.88 Å². The van der Waals surface area contributed by atoms with E-state index in [9.17, 15) is 0 Å². The van der Waals surface area contributed by atoms with Gasteiger partial charge in [-0.05, 0) is 18.2 Å². The van der Waals surface area contributed by atoms with Gasteiger partial charge in [0.05, 0.1) is 20.3 Å². The molecule has 2 N–H and O–H groups in total. The third-order valence-electron chi connectivity index (χ3n) is 5.22. The van der Waals surface area contributed by atoms with Crippen molar-refractivity contribution in [2.45, 2.75) is 12.5 Å². The van der Waals surface area contributed by atoms with E-state index in [2.05, 4.69) is 18.4 Å². The zero-order valence-electron chi connectivity index (χ0n) is 16.4. The highest BCUT2D eigenvalue weighted by Gasteiger charge is 2.36. The van der Waals surface area contributed by atoms with E-state index in [1.165, 1.54) is 0 Å². The lowest BCUT2D eigenvalue weighted by Gasteiger charge is -2.34. The molecule has 7 heteroatoms. The summed E-state index contributed by atoms with van der Waals surface area (Å²) in [6, 6.07) is 11.7. The Morgan fingerprint density at radius 3 is 2.93 bits per heavy atom. The fourth-order valence-corrected chi connectivity index (χ4v) is 3.89. The maximum Gasteiger partial charge on any atom is 0.262 e. The Hall–Kier alpha value is -2.38. The van der Waals surface area contributed by atoms with E-state index in [-0.39, 0.29) is 6.10 Å². The predicted octanol–water partition coefficient (Wildman–Crippen LogP) is 3.96. The van der Waals surface area contributed by atoms with E-state index >= 15 is 0 Å². The molecule has 2 atom stereocenters. The number of hydrogen-bond acceptors (Lipinski definition) is 5. The van der Waals surface area contributed by atoms with Crippen LogP contribution >= 0.6 is 11.6 Å². The van der Waals surface area contributed by atoms with Crippen LogP contribution in [0.25, 0.3) is 0 Å². The van der Waals surface area contributed by atoms with Gasteiger partial charge in [0.15, 0.2) is 5.75 Å². The molecule has 1 saturated heterocycles. The monoisotopic (exact) mass is 414 g/mol. The summed E-state index contributed by atoms with van der Waals surface area (Å²) in [7, 11) is 1.62. The fourth-order valence-electron chi connectivity index (χ4n) is 3.71. The van der Waals surface area contributed by atoms with Crippen LogP contribution in [-0.4, -0.2) is 44.5 Å². The first-order valence-corrected chi connectivity index (χ1v) is 10.0. The third kappa shape index (κ3) is 4.02. The Bertz CT molecular complexity index is 941. The maximum atomic E-state index is 6.32. The van der Waals surface area contributed by atoms with Gasteiger partial charge >= 0.3 is 0 Å². The van der Waals surface area contributed by atoms with Crippen LogP contribution in [0.5, 0.6) is 11.6 Å². The quantitative estimate of drug-likeness (QED) is 0.724. The molecule has 0 amide bonds. The van der Waals surface area contributed by atoms with Crippen molar-refractivity contribution in [2.24, 2.45) is 5.73 Å². The molecular formula is C22H25ClN3O3+. The van der Waals surface area contributed by atoms with Crippen LogP contribution in [0.15, 0.2) is 60.3 Å². The molecule has 0 saturated carbocycles. The first-order chi connectivity index (χ1) is 14.1. The fraction of sp³-hybridized carbons (Fsp3) is 0.318. The Kier molecular flexibility index (Phi) is 5.87. The lowest BCUT2D eigenvalue weighted by molar-refractivity contribution is 0.135. The molecule has 1 aromatic heterocycles. The van der Waals surface area contributed by atoms with Gasteiger partial charge in [0.1, 0.15) is 24.5 Å². The topological polar surface area (TPSA) is 66.6 Å². The molecule has 4 rings (SSSR count). The highest BCUT2D eigenvalue weighted by Crippen LogP contribution is 2.40. The smallest absolute Gasteiger partial charge is 0.262 e. The van der Waals surface area contributed by atoms with Crippen LogP contribution in [0, 0.1) is 0 Å². The van der Waals surface area contributed by atoms with E-state index in [0.717, 1.165) is 23.5 Å². The van der Waals surface area contributed by atoms with Gasteiger partial charge in [-0.2, -0.15) is 4.98 Å². The van der Waals surface area contributed by atoms with Gasteiger partial charge in [-0.15, -0.1) is 0 Å². The Balaban J connectivity index is 1.82. The lowest BCUT2D eigenvalue weighted by Crippen LogP contribution is -2.41. The second-order valence-electron chi connectivity index (χ2n) is 7.12. The largest absolute Gasteiger partial charge is 0.491 e. The molecule has 6 nitrogen and oxygen atoms in total. The number of nitrogens with zero attached hydrogens (tertiary/aromatic N) is 2. The van der Waals surface area contributed by atoms with Crippen molar-refractivity contribution < 1.29 is 14.2 Å². The van der Waals surface area contributed by atoms with E-state index in [1.54, 1.807) is 7.11 Å². The summed E-state index contributed by atoms with van der Waals surface area (Å²) in [6.07, 6.45) is 7.10. The van der Waals surface area contributed by atoms with Gasteiger partial charge in [0.2, 0.25) is 5.82 Å². The van der Waals surface area contributed by atoms with Gasteiger partial charge in [-0.3, -0.25) is 0 Å². The van der Waals surface area contributed by atoms with Crippen molar-refractivity contribution >= 4 is 23.1 Å². The minimum absolute atomic E-state index is 0.0253. The summed E-state index contributed by atoms with van der Waals surface area (Å²) in [6.45, 7) is 2.39. The van der Waals surface area contributed by atoms with E-state index in [0.29, 0.717) is 47.4 Å². The average molecular weight is 415 g/mol. The van der Waals surface area contributed by atoms with Gasteiger partial charge in [-0.25, -0.2) is 4.48 Å². The molecule has 2 aliphatic heterocycles. The summed E-state index contributed by atoms with van der Waals surface area (Å²) in [5, 5.41) is 0.672. The maximum absolute atomic E-state index is 6.32. The zero-order valence-corrected chi connectivity index (χ0v) is 17.1. The van der Waals surface area contributed by atoms with E-state index in [4.69, 9.17) is 36.5 Å². The molecule has 0 aliphatic carbocycles. The van der Waals surface area contributed by atoms with Crippen molar-refractivity contribution in [3.05, 3.63) is 65.3 Å². The van der Waals surface area contributed by atoms with Crippen molar-refractivity contribution in [3.8, 4) is 11.6 Å². The second kappa shape index (κ2) is 8.55. The predicted molar refractivity (Wildman–Crippen MR) is 115 cm³/mol. The standard InChI is InChI=1S/C22H25ClN3O3/c1-27-20-7-8-21(25-22(20)29-19-9-11-28-15-19)26(10-3-4-16(13-24)14-26)18-6-2-5-17(23)12-18/h2-8,12,14,19H,9-11,13,15,24H2,1H3/q+1. The Morgan fingerprint density at radius 2 is 2.21 bits per heavy atom. The van der Waals surface area contributed by atoms with Gasteiger partial charge in [-0.1, -0.05) is 23.7 Å². The van der Waals surface area contributed by atoms with Crippen LogP contribution in [-0.2, 0) is 4.74 Å². The minimum Gasteiger partial charge on any atom is -0.491 e. The SMILES string of the molecule is COc1ccc([N+]2(c3cccc(Cl)c3)C=C(CN)C=CC2)nc1OC1CCOC1. The van der Waals surface area contributed by atoms with Crippen LogP contribution in [0.1, 0.15) is 6.42 Å². The molecule has 0 bridgehead atoms. The molecule has 152 valence electrons. The second-order valence-corrected chi connectivity index (χ2v) is 7.56. The highest BCUT2D eigenvalue weighted by molar-refractivity contribution is 6.30. The van der Waals surface area contributed by atoms with Crippen molar-refractivity contribution in [1.29, 1.82) is 0 Å². The van der Waals surface area contributed by atoms with Crippen molar-refractivity contribution in [2.75, 3.05) is 33.4 Å². The molecule has 3 heterocycles. The number of hydrogen-bond donors (Lipinski definition) is 1. The number of aromatic nitrogens is 1. The molecule has 2 aliphatic rings. The number of halogens is 1. The van der Waals surface area contributed by atoms with Crippen LogP contribution in [0.2, 0.25) is 5.02 Å². The molecule has 0 spiro atoms. The third-order valence-corrected chi connectivity index (χ3v) is 5.46. The van der Waals surface area contributed by atoms with Crippen molar-refractivity contribution in [1.82, 2.24) is 9.47 Å². The van der Waals surface area contributed by atoms with Crippen molar-refractivity contribution in [3.63, 3.8) is 0 Å². The molecule has 0 radical (unpaired) electrons. The number of quaternary nitrogens is 1.